The fourth-order valence-electron chi connectivity index (χ4n) is 4.36. The molecule has 1 unspecified atom stereocenters. The van der Waals surface area contributed by atoms with Gasteiger partial charge in [0.2, 0.25) is 0 Å². The van der Waals surface area contributed by atoms with Crippen molar-refractivity contribution in [3.8, 4) is 0 Å². The Kier molecular flexibility index (Phi) is 6.63. The number of carbonyl (C=O) groups excluding carboxylic acids is 1. The predicted molar refractivity (Wildman–Crippen MR) is 106 cm³/mol. The number of nitrogens with zero attached hydrogens (tertiary/aromatic N) is 4. The van der Waals surface area contributed by atoms with E-state index in [4.69, 9.17) is 4.74 Å². The van der Waals surface area contributed by atoms with Gasteiger partial charge in [0, 0.05) is 25.2 Å². The van der Waals surface area contributed by atoms with Crippen LogP contribution in [-0.2, 0) is 4.74 Å². The molecule has 2 aliphatic heterocycles. The molecule has 10 nitrogen and oxygen atoms in total. The Morgan fingerprint density at radius 1 is 1.03 bits per heavy atom. The monoisotopic (exact) mass is 406 g/mol. The van der Waals surface area contributed by atoms with Crippen LogP contribution < -0.4 is 4.90 Å². The van der Waals surface area contributed by atoms with E-state index in [1.54, 1.807) is 0 Å². The Labute approximate surface area is 168 Å². The highest BCUT2D eigenvalue weighted by atomic mass is 16.6. The van der Waals surface area contributed by atoms with Crippen molar-refractivity contribution in [3.05, 3.63) is 37.9 Å². The van der Waals surface area contributed by atoms with E-state index in [1.807, 2.05) is 4.90 Å². The third kappa shape index (κ3) is 4.64. The molecule has 2 heterocycles. The Hall–Kier alpha value is -2.75. The number of rotatable bonds is 5. The highest BCUT2D eigenvalue weighted by Gasteiger charge is 2.35. The quantitative estimate of drug-likeness (QED) is 0.416. The van der Waals surface area contributed by atoms with Crippen molar-refractivity contribution in [1.29, 1.82) is 0 Å². The van der Waals surface area contributed by atoms with Crippen LogP contribution in [0.2, 0.25) is 0 Å². The summed E-state index contributed by atoms with van der Waals surface area (Å²) in [5.74, 6) is -0.816. The van der Waals surface area contributed by atoms with E-state index in [9.17, 15) is 25.0 Å². The van der Waals surface area contributed by atoms with E-state index >= 15 is 0 Å². The Balaban J connectivity index is 1.99. The van der Waals surface area contributed by atoms with E-state index in [0.29, 0.717) is 13.1 Å². The van der Waals surface area contributed by atoms with Gasteiger partial charge in [-0.3, -0.25) is 25.1 Å². The highest BCUT2D eigenvalue weighted by Crippen LogP contribution is 2.38. The fourth-order valence-corrected chi connectivity index (χ4v) is 4.36. The first-order chi connectivity index (χ1) is 13.9. The number of anilines is 1. The van der Waals surface area contributed by atoms with Crippen molar-refractivity contribution in [2.75, 3.05) is 38.2 Å². The average Bonchev–Trinajstić information content (AvgIpc) is 3.01. The molecular weight excluding hydrogens is 380 g/mol. The minimum atomic E-state index is -0.816. The first-order valence-corrected chi connectivity index (χ1v) is 9.96. The molecule has 1 aromatic rings. The van der Waals surface area contributed by atoms with Crippen molar-refractivity contribution >= 4 is 23.0 Å². The number of non-ortho nitro benzene ring substituents is 1. The maximum absolute atomic E-state index is 12.4. The molecule has 2 fully saturated rings. The number of likely N-dealkylation sites (tertiary alicyclic amines) is 1. The second-order valence-electron chi connectivity index (χ2n) is 7.56. The van der Waals surface area contributed by atoms with Gasteiger partial charge in [0.05, 0.1) is 28.6 Å². The number of benzene rings is 1. The summed E-state index contributed by atoms with van der Waals surface area (Å²) >= 11 is 0. The van der Waals surface area contributed by atoms with Gasteiger partial charge in [0.15, 0.2) is 0 Å². The number of nitro benzene ring substituents is 2. The molecule has 2 saturated heterocycles. The molecule has 0 amide bonds. The number of ether oxygens (including phenoxy) is 1. The van der Waals surface area contributed by atoms with E-state index in [0.717, 1.165) is 58.0 Å². The summed E-state index contributed by atoms with van der Waals surface area (Å²) in [4.78, 5) is 38.2. The van der Waals surface area contributed by atoms with E-state index < -0.39 is 27.2 Å². The predicted octanol–water partition coefficient (Wildman–Crippen LogP) is 3.13. The van der Waals surface area contributed by atoms with Gasteiger partial charge in [0.1, 0.15) is 5.69 Å². The molecule has 2 aliphatic rings. The van der Waals surface area contributed by atoms with Crippen molar-refractivity contribution in [1.82, 2.24) is 4.90 Å². The third-order valence-electron chi connectivity index (χ3n) is 5.76. The highest BCUT2D eigenvalue weighted by molar-refractivity contribution is 5.99. The zero-order chi connectivity index (χ0) is 21.0. The van der Waals surface area contributed by atoms with Crippen LogP contribution in [-0.4, -0.2) is 60.0 Å². The van der Waals surface area contributed by atoms with Gasteiger partial charge in [-0.25, -0.2) is 4.79 Å². The van der Waals surface area contributed by atoms with Crippen molar-refractivity contribution in [2.45, 2.75) is 44.6 Å². The Bertz CT molecular complexity index is 791. The van der Waals surface area contributed by atoms with E-state index in [-0.39, 0.29) is 17.3 Å². The minimum absolute atomic E-state index is 0.118. The van der Waals surface area contributed by atoms with Crippen LogP contribution in [0.15, 0.2) is 12.1 Å². The second-order valence-corrected chi connectivity index (χ2v) is 7.56. The van der Waals surface area contributed by atoms with Crippen LogP contribution in [0, 0.1) is 20.2 Å². The summed E-state index contributed by atoms with van der Waals surface area (Å²) in [5, 5.41) is 23.0. The fraction of sp³-hybridized carbons (Fsp3) is 0.632. The molecule has 1 aromatic carbocycles. The number of carbonyl (C=O) groups is 1. The summed E-state index contributed by atoms with van der Waals surface area (Å²) in [5.41, 5.74) is -0.949. The Morgan fingerprint density at radius 2 is 1.72 bits per heavy atom. The summed E-state index contributed by atoms with van der Waals surface area (Å²) in [6.07, 6.45) is 6.53. The van der Waals surface area contributed by atoms with Gasteiger partial charge in [-0.05, 0) is 38.8 Å². The molecule has 0 aliphatic carbocycles. The Morgan fingerprint density at radius 3 is 2.31 bits per heavy atom. The molecule has 10 heteroatoms. The zero-order valence-corrected chi connectivity index (χ0v) is 16.5. The molecule has 0 saturated carbocycles. The molecule has 3 rings (SSSR count). The van der Waals surface area contributed by atoms with Gasteiger partial charge in [-0.2, -0.15) is 0 Å². The van der Waals surface area contributed by atoms with Gasteiger partial charge in [-0.15, -0.1) is 0 Å². The molecule has 29 heavy (non-hydrogen) atoms. The largest absolute Gasteiger partial charge is 0.465 e. The van der Waals surface area contributed by atoms with E-state index in [1.165, 1.54) is 12.8 Å². The SMILES string of the molecule is COC(=O)c1cc([N+](=O)[O-])cc([N+](=O)[O-])c1N1CCCC(N2CCCCCC2)C1. The standard InChI is InChI=1S/C19H26N4O6/c1-29-19(24)16-11-15(22(25)26)12-17(23(27)28)18(16)21-10-6-7-14(13-21)20-8-4-2-3-5-9-20/h11-12,14H,2-10,13H2,1H3. The molecule has 0 radical (unpaired) electrons. The van der Waals surface area contributed by atoms with Crippen LogP contribution >= 0.6 is 0 Å². The van der Waals surface area contributed by atoms with Crippen LogP contribution in [0.4, 0.5) is 17.1 Å². The number of nitro groups is 2. The van der Waals surface area contributed by atoms with Crippen molar-refractivity contribution in [3.63, 3.8) is 0 Å². The maximum Gasteiger partial charge on any atom is 0.340 e. The first-order valence-electron chi connectivity index (χ1n) is 9.96. The molecular formula is C19H26N4O6. The minimum Gasteiger partial charge on any atom is -0.465 e. The van der Waals surface area contributed by atoms with Gasteiger partial charge in [0.25, 0.3) is 11.4 Å². The van der Waals surface area contributed by atoms with E-state index in [2.05, 4.69) is 4.90 Å². The normalized spacial score (nSPS) is 20.7. The average molecular weight is 406 g/mol. The summed E-state index contributed by atoms with van der Waals surface area (Å²) in [7, 11) is 1.16. The molecule has 158 valence electrons. The lowest BCUT2D eigenvalue weighted by Crippen LogP contribution is -2.48. The van der Waals surface area contributed by atoms with Gasteiger partial charge < -0.3 is 9.64 Å². The third-order valence-corrected chi connectivity index (χ3v) is 5.76. The van der Waals surface area contributed by atoms with Crippen LogP contribution in [0.1, 0.15) is 48.9 Å². The number of hydrogen-bond donors (Lipinski definition) is 0. The summed E-state index contributed by atoms with van der Waals surface area (Å²) < 4.78 is 4.78. The van der Waals surface area contributed by atoms with Gasteiger partial charge in [-0.1, -0.05) is 12.8 Å². The molecule has 0 N–H and O–H groups in total. The lowest BCUT2D eigenvalue weighted by atomic mass is 10.0. The first kappa shape index (κ1) is 21.0. The lowest BCUT2D eigenvalue weighted by molar-refractivity contribution is -0.393. The lowest BCUT2D eigenvalue weighted by Gasteiger charge is -2.40. The van der Waals surface area contributed by atoms with Crippen LogP contribution in [0.3, 0.4) is 0 Å². The van der Waals surface area contributed by atoms with Crippen molar-refractivity contribution < 1.29 is 19.4 Å². The second kappa shape index (κ2) is 9.17. The zero-order valence-electron chi connectivity index (χ0n) is 16.5. The number of piperidine rings is 1. The van der Waals surface area contributed by atoms with Gasteiger partial charge >= 0.3 is 5.97 Å². The smallest absolute Gasteiger partial charge is 0.340 e. The number of esters is 1. The van der Waals surface area contributed by atoms with Crippen LogP contribution in [0.25, 0.3) is 0 Å². The van der Waals surface area contributed by atoms with Crippen LogP contribution in [0.5, 0.6) is 0 Å². The number of hydrogen-bond acceptors (Lipinski definition) is 8. The molecule has 1 atom stereocenters. The van der Waals surface area contributed by atoms with Crippen molar-refractivity contribution in [2.24, 2.45) is 0 Å². The topological polar surface area (TPSA) is 119 Å². The molecule has 0 bridgehead atoms. The maximum atomic E-state index is 12.4. The summed E-state index contributed by atoms with van der Waals surface area (Å²) in [6, 6.07) is 2.24. The molecule has 0 spiro atoms. The summed E-state index contributed by atoms with van der Waals surface area (Å²) in [6.45, 7) is 3.10. The molecule has 0 aromatic heterocycles. The number of methoxy groups -OCH3 is 1.